The number of ether oxygens (including phenoxy) is 1. The molecule has 0 aliphatic carbocycles. The van der Waals surface area contributed by atoms with Gasteiger partial charge in [-0.05, 0) is 48.4 Å². The summed E-state index contributed by atoms with van der Waals surface area (Å²) in [7, 11) is 0. The van der Waals surface area contributed by atoms with Gasteiger partial charge in [0.2, 0.25) is 5.91 Å². The number of nitrogens with one attached hydrogen (secondary N) is 1. The van der Waals surface area contributed by atoms with Crippen molar-refractivity contribution in [2.45, 2.75) is 12.5 Å². The van der Waals surface area contributed by atoms with E-state index in [4.69, 9.17) is 10.5 Å². The number of benzene rings is 2. The molecule has 7 heteroatoms. The third-order valence-corrected chi connectivity index (χ3v) is 4.16. The van der Waals surface area contributed by atoms with E-state index < -0.39 is 6.04 Å². The van der Waals surface area contributed by atoms with Crippen LogP contribution in [0.2, 0.25) is 0 Å². The molecule has 7 nitrogen and oxygen atoms in total. The number of anilines is 2. The van der Waals surface area contributed by atoms with Gasteiger partial charge in [0.05, 0.1) is 12.6 Å². The highest BCUT2D eigenvalue weighted by Crippen LogP contribution is 2.20. The second kappa shape index (κ2) is 7.99. The van der Waals surface area contributed by atoms with Crippen LogP contribution in [-0.2, 0) is 20.7 Å². The molecule has 1 aliphatic rings. The predicted molar refractivity (Wildman–Crippen MR) is 98.0 cm³/mol. The average Bonchev–Trinajstić information content (AvgIpc) is 2.65. The van der Waals surface area contributed by atoms with Crippen LogP contribution in [0.15, 0.2) is 48.5 Å². The molecule has 136 valence electrons. The lowest BCUT2D eigenvalue weighted by Gasteiger charge is -2.27. The summed E-state index contributed by atoms with van der Waals surface area (Å²) in [5.74, 6) is -0.206. The van der Waals surface area contributed by atoms with Crippen molar-refractivity contribution in [1.82, 2.24) is 0 Å². The number of morpholine rings is 1. The van der Waals surface area contributed by atoms with Gasteiger partial charge in [-0.1, -0.05) is 12.1 Å². The Morgan fingerprint density at radius 2 is 1.88 bits per heavy atom. The van der Waals surface area contributed by atoms with Gasteiger partial charge in [-0.15, -0.1) is 0 Å². The van der Waals surface area contributed by atoms with Crippen LogP contribution >= 0.6 is 0 Å². The fraction of sp³-hybridized carbons (Fsp3) is 0.263. The van der Waals surface area contributed by atoms with E-state index in [-0.39, 0.29) is 24.2 Å². The molecule has 0 radical (unpaired) electrons. The summed E-state index contributed by atoms with van der Waals surface area (Å²) in [6.07, 6.45) is 0.368. The third-order valence-electron chi connectivity index (χ3n) is 4.16. The van der Waals surface area contributed by atoms with Crippen LogP contribution in [0.1, 0.15) is 5.56 Å². The van der Waals surface area contributed by atoms with E-state index in [1.807, 2.05) is 0 Å². The van der Waals surface area contributed by atoms with Crippen molar-refractivity contribution in [3.63, 3.8) is 0 Å². The maximum absolute atomic E-state index is 12.3. The molecule has 0 saturated carbocycles. The molecular formula is C19H21N3O4. The highest BCUT2D eigenvalue weighted by Gasteiger charge is 2.20. The van der Waals surface area contributed by atoms with Crippen LogP contribution in [0.4, 0.5) is 11.4 Å². The summed E-state index contributed by atoms with van der Waals surface area (Å²) in [5.41, 5.74) is 8.21. The van der Waals surface area contributed by atoms with E-state index in [1.54, 1.807) is 53.4 Å². The monoisotopic (exact) mass is 355 g/mol. The van der Waals surface area contributed by atoms with Crippen LogP contribution in [0.3, 0.4) is 0 Å². The molecule has 2 aromatic carbocycles. The summed E-state index contributed by atoms with van der Waals surface area (Å²) in [6.45, 7) is 1.11. The molecule has 26 heavy (non-hydrogen) atoms. The molecule has 0 spiro atoms. The maximum Gasteiger partial charge on any atom is 0.253 e. The number of phenols is 1. The lowest BCUT2D eigenvalue weighted by Crippen LogP contribution is -2.41. The number of rotatable bonds is 5. The van der Waals surface area contributed by atoms with Crippen molar-refractivity contribution in [2.24, 2.45) is 5.73 Å². The lowest BCUT2D eigenvalue weighted by atomic mass is 10.1. The second-order valence-electron chi connectivity index (χ2n) is 6.11. The molecule has 0 aromatic heterocycles. The first-order chi connectivity index (χ1) is 12.5. The molecule has 1 fully saturated rings. The summed E-state index contributed by atoms with van der Waals surface area (Å²) in [6, 6.07) is 12.9. The summed E-state index contributed by atoms with van der Waals surface area (Å²) < 4.78 is 5.12. The number of aromatic hydroxyl groups is 1. The zero-order valence-corrected chi connectivity index (χ0v) is 14.2. The Balaban J connectivity index is 1.58. The van der Waals surface area contributed by atoms with Gasteiger partial charge >= 0.3 is 0 Å². The number of carbonyl (C=O) groups is 2. The van der Waals surface area contributed by atoms with Gasteiger partial charge in [-0.2, -0.15) is 0 Å². The quantitative estimate of drug-likeness (QED) is 0.749. The minimum atomic E-state index is -0.708. The topological polar surface area (TPSA) is 105 Å². The van der Waals surface area contributed by atoms with E-state index >= 15 is 0 Å². The average molecular weight is 355 g/mol. The molecule has 3 rings (SSSR count). The highest BCUT2D eigenvalue weighted by atomic mass is 16.5. The van der Waals surface area contributed by atoms with E-state index in [0.29, 0.717) is 25.3 Å². The smallest absolute Gasteiger partial charge is 0.253 e. The van der Waals surface area contributed by atoms with Gasteiger partial charge in [-0.3, -0.25) is 9.59 Å². The van der Waals surface area contributed by atoms with Crippen LogP contribution in [-0.4, -0.2) is 42.7 Å². The third kappa shape index (κ3) is 4.38. The van der Waals surface area contributed by atoms with Crippen molar-refractivity contribution >= 4 is 23.2 Å². The lowest BCUT2D eigenvalue weighted by molar-refractivity contribution is -0.125. The molecule has 4 N–H and O–H groups in total. The van der Waals surface area contributed by atoms with Crippen LogP contribution in [0.5, 0.6) is 5.75 Å². The van der Waals surface area contributed by atoms with Crippen LogP contribution in [0, 0.1) is 0 Å². The standard InChI is InChI=1S/C19H21N3O4/c20-17(11-13-1-7-16(23)8-2-13)19(25)21-14-3-5-15(6-4-14)22-9-10-26-12-18(22)24/h1-8,17,23H,9-12,20H2,(H,21,25)/t17-/m0/s1. The molecule has 1 atom stereocenters. The summed E-state index contributed by atoms with van der Waals surface area (Å²) in [4.78, 5) is 25.8. The minimum Gasteiger partial charge on any atom is -0.508 e. The Labute approximate surface area is 151 Å². The van der Waals surface area contributed by atoms with E-state index in [9.17, 15) is 14.7 Å². The zero-order chi connectivity index (χ0) is 18.5. The number of amides is 2. The number of phenolic OH excluding ortho intramolecular Hbond substituents is 1. The first-order valence-corrected chi connectivity index (χ1v) is 8.35. The summed E-state index contributed by atoms with van der Waals surface area (Å²) in [5, 5.41) is 12.1. The first kappa shape index (κ1) is 17.9. The largest absolute Gasteiger partial charge is 0.508 e. The number of nitrogens with two attached hydrogens (primary N) is 1. The molecular weight excluding hydrogens is 334 g/mol. The van der Waals surface area contributed by atoms with Crippen molar-refractivity contribution in [3.05, 3.63) is 54.1 Å². The van der Waals surface area contributed by atoms with Gasteiger partial charge in [0.25, 0.3) is 5.91 Å². The van der Waals surface area contributed by atoms with E-state index in [1.165, 1.54) is 0 Å². The Hall–Kier alpha value is -2.90. The number of hydrogen-bond acceptors (Lipinski definition) is 5. The van der Waals surface area contributed by atoms with Crippen molar-refractivity contribution in [2.75, 3.05) is 30.0 Å². The molecule has 1 saturated heterocycles. The second-order valence-corrected chi connectivity index (χ2v) is 6.11. The zero-order valence-electron chi connectivity index (χ0n) is 14.2. The van der Waals surface area contributed by atoms with E-state index in [0.717, 1.165) is 11.3 Å². The van der Waals surface area contributed by atoms with Gasteiger partial charge < -0.3 is 25.8 Å². The normalized spacial score (nSPS) is 15.6. The SMILES string of the molecule is N[C@@H](Cc1ccc(O)cc1)C(=O)Nc1ccc(N2CCOCC2=O)cc1. The predicted octanol–water partition coefficient (Wildman–Crippen LogP) is 1.26. The fourth-order valence-corrected chi connectivity index (χ4v) is 2.73. The Morgan fingerprint density at radius 3 is 2.54 bits per heavy atom. The van der Waals surface area contributed by atoms with E-state index in [2.05, 4.69) is 5.32 Å². The number of carbonyl (C=O) groups excluding carboxylic acids is 2. The Bertz CT molecular complexity index is 774. The van der Waals surface area contributed by atoms with Crippen LogP contribution < -0.4 is 16.0 Å². The first-order valence-electron chi connectivity index (χ1n) is 8.35. The minimum absolute atomic E-state index is 0.0797. The highest BCUT2D eigenvalue weighted by molar-refractivity contribution is 5.96. The summed E-state index contributed by atoms with van der Waals surface area (Å²) >= 11 is 0. The molecule has 2 aromatic rings. The van der Waals surface area contributed by atoms with Crippen molar-refractivity contribution in [1.29, 1.82) is 0 Å². The van der Waals surface area contributed by atoms with Crippen LogP contribution in [0.25, 0.3) is 0 Å². The van der Waals surface area contributed by atoms with Crippen molar-refractivity contribution < 1.29 is 19.4 Å². The molecule has 1 aliphatic heterocycles. The van der Waals surface area contributed by atoms with Crippen molar-refractivity contribution in [3.8, 4) is 5.75 Å². The molecule has 2 amide bonds. The fourth-order valence-electron chi connectivity index (χ4n) is 2.73. The maximum atomic E-state index is 12.3. The number of nitrogens with zero attached hydrogens (tertiary/aromatic N) is 1. The molecule has 0 bridgehead atoms. The van der Waals surface area contributed by atoms with Gasteiger partial charge in [0, 0.05) is 17.9 Å². The van der Waals surface area contributed by atoms with Gasteiger partial charge in [-0.25, -0.2) is 0 Å². The molecule has 0 unspecified atom stereocenters. The Kier molecular flexibility index (Phi) is 5.50. The number of hydrogen-bond donors (Lipinski definition) is 3. The van der Waals surface area contributed by atoms with Gasteiger partial charge in [0.1, 0.15) is 12.4 Å². The Morgan fingerprint density at radius 1 is 1.19 bits per heavy atom. The van der Waals surface area contributed by atoms with Gasteiger partial charge in [0.15, 0.2) is 0 Å². The molecule has 1 heterocycles.